The zero-order valence-corrected chi connectivity index (χ0v) is 15.1. The molecule has 0 spiro atoms. The van der Waals surface area contributed by atoms with Crippen LogP contribution in [0.2, 0.25) is 0 Å². The molecular formula is C20H21F5O2. The van der Waals surface area contributed by atoms with Gasteiger partial charge in [-0.25, -0.2) is 17.6 Å². The summed E-state index contributed by atoms with van der Waals surface area (Å²) in [6, 6.07) is 0.158. The highest BCUT2D eigenvalue weighted by Gasteiger charge is 2.62. The molecule has 1 aromatic rings. The first kappa shape index (κ1) is 19.8. The van der Waals surface area contributed by atoms with Crippen LogP contribution < -0.4 is 0 Å². The fourth-order valence-electron chi connectivity index (χ4n) is 3.86. The van der Waals surface area contributed by atoms with Crippen LogP contribution in [0.5, 0.6) is 0 Å². The number of carbonyl (C=O) groups excluding carboxylic acids is 1. The summed E-state index contributed by atoms with van der Waals surface area (Å²) in [5, 5.41) is 0. The predicted molar refractivity (Wildman–Crippen MR) is 88.1 cm³/mol. The Morgan fingerprint density at radius 3 is 2.37 bits per heavy atom. The minimum absolute atomic E-state index is 0.128. The molecule has 0 amide bonds. The topological polar surface area (TPSA) is 26.3 Å². The molecule has 0 saturated heterocycles. The average Bonchev–Trinajstić information content (AvgIpc) is 3.17. The first-order chi connectivity index (χ1) is 12.6. The highest BCUT2D eigenvalue weighted by Crippen LogP contribution is 2.60. The average molecular weight is 388 g/mol. The van der Waals surface area contributed by atoms with Crippen molar-refractivity contribution in [3.05, 3.63) is 46.5 Å². The maximum Gasteiger partial charge on any atom is 0.312 e. The highest BCUT2D eigenvalue weighted by molar-refractivity contribution is 5.78. The third-order valence-electron chi connectivity index (χ3n) is 5.67. The van der Waals surface area contributed by atoms with Crippen LogP contribution in [-0.2, 0) is 9.53 Å². The van der Waals surface area contributed by atoms with Crippen molar-refractivity contribution in [1.29, 1.82) is 0 Å². The fourth-order valence-corrected chi connectivity index (χ4v) is 3.86. The van der Waals surface area contributed by atoms with Gasteiger partial charge in [0.05, 0.1) is 11.5 Å². The summed E-state index contributed by atoms with van der Waals surface area (Å²) in [5.41, 5.74) is -0.362. The van der Waals surface area contributed by atoms with E-state index >= 15 is 0 Å². The summed E-state index contributed by atoms with van der Waals surface area (Å²) < 4.78 is 72.0. The second-order valence-corrected chi connectivity index (χ2v) is 7.85. The second kappa shape index (κ2) is 7.24. The maximum atomic E-state index is 14.2. The first-order valence-corrected chi connectivity index (χ1v) is 9.01. The van der Waals surface area contributed by atoms with E-state index in [1.54, 1.807) is 0 Å². The molecule has 0 bridgehead atoms. The van der Waals surface area contributed by atoms with Gasteiger partial charge in [-0.3, -0.25) is 4.79 Å². The molecule has 3 unspecified atom stereocenters. The van der Waals surface area contributed by atoms with Crippen LogP contribution in [0.1, 0.15) is 57.9 Å². The van der Waals surface area contributed by atoms with E-state index in [-0.39, 0.29) is 12.0 Å². The van der Waals surface area contributed by atoms with E-state index in [1.165, 1.54) is 12.0 Å². The molecule has 3 rings (SSSR count). The normalized spacial score (nSPS) is 25.1. The van der Waals surface area contributed by atoms with Crippen molar-refractivity contribution in [3.8, 4) is 0 Å². The van der Waals surface area contributed by atoms with Crippen molar-refractivity contribution < 1.29 is 31.5 Å². The van der Waals surface area contributed by atoms with Crippen molar-refractivity contribution in [2.24, 2.45) is 17.3 Å². The quantitative estimate of drug-likeness (QED) is 0.211. The van der Waals surface area contributed by atoms with Gasteiger partial charge in [0.2, 0.25) is 0 Å². The minimum atomic E-state index is -2.72. The Labute approximate surface area is 154 Å². The number of esters is 1. The lowest BCUT2D eigenvalue weighted by atomic mass is 9.93. The smallest absolute Gasteiger partial charge is 0.312 e. The number of benzene rings is 1. The summed E-state index contributed by atoms with van der Waals surface area (Å²) in [5.74, 6) is -9.51. The third kappa shape index (κ3) is 3.73. The number of hydrogen-bond donors (Lipinski definition) is 0. The molecule has 2 fully saturated rings. The number of allylic oxidation sites excluding steroid dienone is 2. The lowest BCUT2D eigenvalue weighted by molar-refractivity contribution is -0.161. The van der Waals surface area contributed by atoms with Gasteiger partial charge in [0.25, 0.3) is 6.36 Å². The zero-order valence-electron chi connectivity index (χ0n) is 15.1. The lowest BCUT2D eigenvalue weighted by Gasteiger charge is -2.13. The van der Waals surface area contributed by atoms with Crippen LogP contribution >= 0.6 is 0 Å². The molecule has 1 aromatic carbocycles. The van der Waals surface area contributed by atoms with E-state index in [0.717, 1.165) is 25.7 Å². The van der Waals surface area contributed by atoms with Crippen molar-refractivity contribution in [2.45, 2.75) is 52.3 Å². The molecule has 7 heteroatoms. The molecule has 2 aliphatic rings. The molecule has 0 aliphatic heterocycles. The zero-order chi connectivity index (χ0) is 19.9. The number of hydrogen-bond acceptors (Lipinski definition) is 2. The van der Waals surface area contributed by atoms with Gasteiger partial charge in [0.15, 0.2) is 23.3 Å². The SMILES string of the molecule is CC1(C)C(C=C2CCCCC2)C1C(=O)OC(F)c1cc(F)c(F)c(F)c1F. The molecule has 2 aliphatic carbocycles. The minimum Gasteiger partial charge on any atom is -0.426 e. The number of ether oxygens (including phenoxy) is 1. The standard InChI is InChI=1S/C20H21F5O2/c1-20(2)12(8-10-6-4-3-5-7-10)14(20)19(26)27-18(25)11-9-13(21)16(23)17(24)15(11)22/h8-9,12,14,18H,3-7H2,1-2H3. The van der Waals surface area contributed by atoms with Crippen LogP contribution in [0.3, 0.4) is 0 Å². The number of rotatable bonds is 4. The molecule has 0 aromatic heterocycles. The van der Waals surface area contributed by atoms with Crippen LogP contribution in [0.4, 0.5) is 22.0 Å². The van der Waals surface area contributed by atoms with Crippen LogP contribution in [0.15, 0.2) is 17.7 Å². The van der Waals surface area contributed by atoms with E-state index < -0.39 is 52.5 Å². The Bertz CT molecular complexity index is 779. The molecule has 3 atom stereocenters. The second-order valence-electron chi connectivity index (χ2n) is 7.85. The largest absolute Gasteiger partial charge is 0.426 e. The third-order valence-corrected chi connectivity index (χ3v) is 5.67. The lowest BCUT2D eigenvalue weighted by Crippen LogP contribution is -2.15. The van der Waals surface area contributed by atoms with Crippen molar-refractivity contribution in [2.75, 3.05) is 0 Å². The van der Waals surface area contributed by atoms with Crippen molar-refractivity contribution in [1.82, 2.24) is 0 Å². The monoisotopic (exact) mass is 388 g/mol. The summed E-state index contributed by atoms with van der Waals surface area (Å²) >= 11 is 0. The van der Waals surface area contributed by atoms with E-state index in [9.17, 15) is 26.7 Å². The van der Waals surface area contributed by atoms with Gasteiger partial charge >= 0.3 is 5.97 Å². The van der Waals surface area contributed by atoms with Gasteiger partial charge in [0, 0.05) is 0 Å². The van der Waals surface area contributed by atoms with E-state index in [2.05, 4.69) is 4.74 Å². The number of alkyl halides is 1. The van der Waals surface area contributed by atoms with Gasteiger partial charge in [0.1, 0.15) is 0 Å². The van der Waals surface area contributed by atoms with E-state index in [4.69, 9.17) is 0 Å². The molecule has 27 heavy (non-hydrogen) atoms. The van der Waals surface area contributed by atoms with Crippen LogP contribution in [-0.4, -0.2) is 5.97 Å². The Morgan fingerprint density at radius 2 is 1.74 bits per heavy atom. The summed E-state index contributed by atoms with van der Waals surface area (Å²) in [6.45, 7) is 3.68. The number of carbonyl (C=O) groups is 1. The van der Waals surface area contributed by atoms with Gasteiger partial charge in [-0.15, -0.1) is 0 Å². The van der Waals surface area contributed by atoms with Gasteiger partial charge in [-0.2, -0.15) is 4.39 Å². The van der Waals surface area contributed by atoms with Gasteiger partial charge < -0.3 is 4.74 Å². The molecule has 0 N–H and O–H groups in total. The maximum absolute atomic E-state index is 14.2. The Hall–Kier alpha value is -1.92. The van der Waals surface area contributed by atoms with Crippen molar-refractivity contribution in [3.63, 3.8) is 0 Å². The van der Waals surface area contributed by atoms with Crippen molar-refractivity contribution >= 4 is 5.97 Å². The molecule has 0 heterocycles. The number of halogens is 5. The first-order valence-electron chi connectivity index (χ1n) is 9.01. The van der Waals surface area contributed by atoms with Crippen LogP contribution in [0.25, 0.3) is 0 Å². The van der Waals surface area contributed by atoms with E-state index in [1.807, 2.05) is 19.9 Å². The van der Waals surface area contributed by atoms with Crippen LogP contribution in [0, 0.1) is 40.5 Å². The Balaban J connectivity index is 1.72. The summed E-state index contributed by atoms with van der Waals surface area (Å²) in [7, 11) is 0. The molecular weight excluding hydrogens is 367 g/mol. The van der Waals surface area contributed by atoms with E-state index in [0.29, 0.717) is 0 Å². The van der Waals surface area contributed by atoms with Gasteiger partial charge in [-0.1, -0.05) is 31.9 Å². The Kier molecular flexibility index (Phi) is 5.32. The molecule has 148 valence electrons. The summed E-state index contributed by atoms with van der Waals surface area (Å²) in [4.78, 5) is 12.3. The fraction of sp³-hybridized carbons (Fsp3) is 0.550. The Morgan fingerprint density at radius 1 is 1.11 bits per heavy atom. The summed E-state index contributed by atoms with van der Waals surface area (Å²) in [6.07, 6.45) is 4.64. The predicted octanol–water partition coefficient (Wildman–Crippen LogP) is 5.92. The molecule has 2 nitrogen and oxygen atoms in total. The highest BCUT2D eigenvalue weighted by atomic mass is 19.2. The molecule has 2 saturated carbocycles. The molecule has 0 radical (unpaired) electrons. The van der Waals surface area contributed by atoms with Gasteiger partial charge in [-0.05, 0) is 43.1 Å².